The molecular formula is C14H20Cl2N2O4. The molecule has 1 aromatic rings. The van der Waals surface area contributed by atoms with E-state index in [9.17, 15) is 9.59 Å². The van der Waals surface area contributed by atoms with Crippen molar-refractivity contribution < 1.29 is 19.4 Å². The summed E-state index contributed by atoms with van der Waals surface area (Å²) in [5.74, 6) is -0.848. The van der Waals surface area contributed by atoms with E-state index in [2.05, 4.69) is 10.6 Å². The first-order valence-corrected chi connectivity index (χ1v) is 6.95. The Bertz CT molecular complexity index is 512. The lowest BCUT2D eigenvalue weighted by Crippen LogP contribution is -2.41. The molecule has 1 unspecified atom stereocenters. The number of aliphatic carboxylic acids is 1. The molecular weight excluding hydrogens is 331 g/mol. The third-order valence-corrected chi connectivity index (χ3v) is 3.06. The summed E-state index contributed by atoms with van der Waals surface area (Å²) in [6.45, 7) is 1.78. The maximum Gasteiger partial charge on any atom is 0.320 e. The Kier molecular flexibility index (Phi) is 9.56. The van der Waals surface area contributed by atoms with Crippen molar-refractivity contribution in [3.05, 3.63) is 23.2 Å². The molecule has 1 amide bonds. The number of benzene rings is 1. The van der Waals surface area contributed by atoms with Gasteiger partial charge in [-0.2, -0.15) is 0 Å². The number of anilines is 1. The van der Waals surface area contributed by atoms with Crippen molar-refractivity contribution in [2.45, 2.75) is 25.8 Å². The van der Waals surface area contributed by atoms with E-state index in [-0.39, 0.29) is 24.9 Å². The van der Waals surface area contributed by atoms with E-state index >= 15 is 0 Å². The van der Waals surface area contributed by atoms with E-state index in [4.69, 9.17) is 21.4 Å². The van der Waals surface area contributed by atoms with Crippen LogP contribution in [0.25, 0.3) is 0 Å². The normalized spacial score (nSPS) is 11.2. The van der Waals surface area contributed by atoms with Crippen molar-refractivity contribution in [1.82, 2.24) is 5.32 Å². The molecule has 0 saturated carbocycles. The third kappa shape index (κ3) is 6.51. The zero-order valence-electron chi connectivity index (χ0n) is 12.4. The van der Waals surface area contributed by atoms with Gasteiger partial charge in [-0.05, 0) is 24.6 Å². The van der Waals surface area contributed by atoms with Crippen LogP contribution >= 0.6 is 24.0 Å². The average molecular weight is 351 g/mol. The van der Waals surface area contributed by atoms with Gasteiger partial charge in [-0.15, -0.1) is 12.4 Å². The van der Waals surface area contributed by atoms with Crippen LogP contribution in [0.2, 0.25) is 5.02 Å². The van der Waals surface area contributed by atoms with Gasteiger partial charge in [0.1, 0.15) is 11.8 Å². The average Bonchev–Trinajstić information content (AvgIpc) is 2.43. The molecule has 1 atom stereocenters. The fourth-order valence-corrected chi connectivity index (χ4v) is 1.96. The molecule has 0 aliphatic carbocycles. The molecule has 3 N–H and O–H groups in total. The van der Waals surface area contributed by atoms with Gasteiger partial charge in [-0.25, -0.2) is 0 Å². The van der Waals surface area contributed by atoms with Gasteiger partial charge in [0, 0.05) is 5.02 Å². The van der Waals surface area contributed by atoms with Gasteiger partial charge in [0.2, 0.25) is 5.91 Å². The molecule has 0 aromatic heterocycles. The fourth-order valence-electron chi connectivity index (χ4n) is 1.79. The lowest BCUT2D eigenvalue weighted by atomic mass is 10.1. The van der Waals surface area contributed by atoms with Gasteiger partial charge in [0.25, 0.3) is 0 Å². The summed E-state index contributed by atoms with van der Waals surface area (Å²) in [5.41, 5.74) is 0.444. The van der Waals surface area contributed by atoms with Crippen LogP contribution in [0.15, 0.2) is 18.2 Å². The first-order chi connectivity index (χ1) is 9.97. The zero-order valence-corrected chi connectivity index (χ0v) is 14.0. The second kappa shape index (κ2) is 10.3. The highest BCUT2D eigenvalue weighted by atomic mass is 35.5. The Labute approximate surface area is 140 Å². The Morgan fingerprint density at radius 2 is 2.09 bits per heavy atom. The Balaban J connectivity index is 0.00000441. The van der Waals surface area contributed by atoms with Crippen molar-refractivity contribution in [2.75, 3.05) is 19.0 Å². The minimum absolute atomic E-state index is 0. The van der Waals surface area contributed by atoms with E-state index in [0.717, 1.165) is 0 Å². The highest BCUT2D eigenvalue weighted by Crippen LogP contribution is 2.27. The standard InChI is InChI=1S/C14H19ClN2O4.ClH/c1-3-4-10(14(19)20)16-8-13(18)17-11-7-9(15)5-6-12(11)21-2;/h5-7,10,16H,3-4,8H2,1-2H3,(H,17,18)(H,19,20);1H. The van der Waals surface area contributed by atoms with Crippen LogP contribution in [0.3, 0.4) is 0 Å². The van der Waals surface area contributed by atoms with E-state index in [1.807, 2.05) is 6.92 Å². The molecule has 0 heterocycles. The predicted octanol–water partition coefficient (Wildman–Crippen LogP) is 2.55. The lowest BCUT2D eigenvalue weighted by molar-refractivity contribution is -0.139. The van der Waals surface area contributed by atoms with Crippen molar-refractivity contribution in [3.63, 3.8) is 0 Å². The predicted molar refractivity (Wildman–Crippen MR) is 88.2 cm³/mol. The molecule has 0 bridgehead atoms. The Morgan fingerprint density at radius 1 is 1.41 bits per heavy atom. The number of rotatable bonds is 8. The molecule has 0 fully saturated rings. The monoisotopic (exact) mass is 350 g/mol. The summed E-state index contributed by atoms with van der Waals surface area (Å²) in [6.07, 6.45) is 1.18. The Hall–Kier alpha value is -1.50. The maximum absolute atomic E-state index is 11.9. The van der Waals surface area contributed by atoms with Crippen LogP contribution in [0.5, 0.6) is 5.75 Å². The molecule has 6 nitrogen and oxygen atoms in total. The summed E-state index contributed by atoms with van der Waals surface area (Å²) in [5, 5.41) is 14.8. The fraction of sp³-hybridized carbons (Fsp3) is 0.429. The van der Waals surface area contributed by atoms with Crippen LogP contribution in [-0.2, 0) is 9.59 Å². The maximum atomic E-state index is 11.9. The molecule has 0 spiro atoms. The molecule has 0 radical (unpaired) electrons. The van der Waals surface area contributed by atoms with Crippen LogP contribution in [-0.4, -0.2) is 36.7 Å². The third-order valence-electron chi connectivity index (χ3n) is 2.82. The van der Waals surface area contributed by atoms with E-state index in [1.165, 1.54) is 7.11 Å². The van der Waals surface area contributed by atoms with Crippen molar-refractivity contribution in [3.8, 4) is 5.75 Å². The second-order valence-electron chi connectivity index (χ2n) is 4.45. The molecule has 1 aromatic carbocycles. The first kappa shape index (κ1) is 20.5. The number of methoxy groups -OCH3 is 1. The number of carbonyl (C=O) groups excluding carboxylic acids is 1. The summed E-state index contributed by atoms with van der Waals surface area (Å²) in [7, 11) is 1.48. The topological polar surface area (TPSA) is 87.7 Å². The number of carboxylic acids is 1. The van der Waals surface area contributed by atoms with Crippen molar-refractivity contribution >= 4 is 41.6 Å². The molecule has 1 rings (SSSR count). The molecule has 124 valence electrons. The lowest BCUT2D eigenvalue weighted by Gasteiger charge is -2.14. The van der Waals surface area contributed by atoms with Gasteiger partial charge < -0.3 is 15.2 Å². The Morgan fingerprint density at radius 3 is 2.64 bits per heavy atom. The van der Waals surface area contributed by atoms with Gasteiger partial charge in [-0.3, -0.25) is 14.9 Å². The summed E-state index contributed by atoms with van der Waals surface area (Å²) < 4.78 is 5.12. The number of hydrogen-bond acceptors (Lipinski definition) is 4. The minimum Gasteiger partial charge on any atom is -0.495 e. The molecule has 22 heavy (non-hydrogen) atoms. The van der Waals surface area contributed by atoms with Crippen LogP contribution in [0.4, 0.5) is 5.69 Å². The highest BCUT2D eigenvalue weighted by Gasteiger charge is 2.17. The SMILES string of the molecule is CCCC(NCC(=O)Nc1cc(Cl)ccc1OC)C(=O)O.Cl. The van der Waals surface area contributed by atoms with Crippen LogP contribution in [0, 0.1) is 0 Å². The highest BCUT2D eigenvalue weighted by molar-refractivity contribution is 6.31. The smallest absolute Gasteiger partial charge is 0.320 e. The number of hydrogen-bond donors (Lipinski definition) is 3. The quantitative estimate of drug-likeness (QED) is 0.670. The van der Waals surface area contributed by atoms with E-state index in [0.29, 0.717) is 29.3 Å². The van der Waals surface area contributed by atoms with Crippen molar-refractivity contribution in [1.29, 1.82) is 0 Å². The van der Waals surface area contributed by atoms with E-state index in [1.54, 1.807) is 18.2 Å². The molecule has 8 heteroatoms. The van der Waals surface area contributed by atoms with Crippen molar-refractivity contribution in [2.24, 2.45) is 0 Å². The molecule has 0 saturated heterocycles. The molecule has 0 aliphatic rings. The number of carbonyl (C=O) groups is 2. The van der Waals surface area contributed by atoms with Crippen LogP contribution in [0.1, 0.15) is 19.8 Å². The first-order valence-electron chi connectivity index (χ1n) is 6.57. The summed E-state index contributed by atoms with van der Waals surface area (Å²) in [6, 6.07) is 4.12. The van der Waals surface area contributed by atoms with Gasteiger partial charge in [0.05, 0.1) is 19.3 Å². The molecule has 0 aliphatic heterocycles. The zero-order chi connectivity index (χ0) is 15.8. The number of nitrogens with one attached hydrogen (secondary N) is 2. The number of ether oxygens (including phenoxy) is 1. The summed E-state index contributed by atoms with van der Waals surface area (Å²) >= 11 is 5.87. The second-order valence-corrected chi connectivity index (χ2v) is 4.89. The number of amides is 1. The van der Waals surface area contributed by atoms with E-state index < -0.39 is 12.0 Å². The number of halogens is 2. The van der Waals surface area contributed by atoms with Gasteiger partial charge in [0.15, 0.2) is 0 Å². The number of carboxylic acid groups (broad SMARTS) is 1. The van der Waals surface area contributed by atoms with Gasteiger partial charge >= 0.3 is 5.97 Å². The minimum atomic E-state index is -0.968. The summed E-state index contributed by atoms with van der Waals surface area (Å²) in [4.78, 5) is 22.8. The van der Waals surface area contributed by atoms with Gasteiger partial charge in [-0.1, -0.05) is 24.9 Å². The largest absolute Gasteiger partial charge is 0.495 e. The van der Waals surface area contributed by atoms with Crippen LogP contribution < -0.4 is 15.4 Å².